The second-order valence-electron chi connectivity index (χ2n) is 7.02. The third-order valence-electron chi connectivity index (χ3n) is 5.90. The van der Waals surface area contributed by atoms with Gasteiger partial charge in [0.05, 0.1) is 10.5 Å². The van der Waals surface area contributed by atoms with E-state index in [1.165, 1.54) is 40.6 Å². The van der Waals surface area contributed by atoms with E-state index in [1.807, 2.05) is 6.07 Å². The number of thiophene rings is 1. The summed E-state index contributed by atoms with van der Waals surface area (Å²) >= 11 is 1.51. The van der Waals surface area contributed by atoms with Gasteiger partial charge in [-0.1, -0.05) is 40.7 Å². The Kier molecular flexibility index (Phi) is 9.32. The first-order valence-electron chi connectivity index (χ1n) is 9.84. The van der Waals surface area contributed by atoms with Crippen molar-refractivity contribution >= 4 is 31.5 Å². The minimum absolute atomic E-state index is 0.0215. The third kappa shape index (κ3) is 5.90. The minimum atomic E-state index is -1.60. The molecule has 1 aromatic rings. The molecule has 1 heterocycles. The van der Waals surface area contributed by atoms with E-state index in [2.05, 4.69) is 53.0 Å². The molecule has 0 fully saturated rings. The van der Waals surface area contributed by atoms with Gasteiger partial charge in [-0.05, 0) is 73.3 Å². The van der Waals surface area contributed by atoms with Crippen molar-refractivity contribution in [3.8, 4) is 0 Å². The Morgan fingerprint density at radius 1 is 1.16 bits per heavy atom. The molecule has 0 atom stereocenters. The van der Waals surface area contributed by atoms with E-state index in [-0.39, 0.29) is 5.60 Å². The zero-order chi connectivity index (χ0) is 18.9. The van der Waals surface area contributed by atoms with Crippen molar-refractivity contribution in [2.45, 2.75) is 91.0 Å². The Morgan fingerprint density at radius 2 is 1.76 bits per heavy atom. The summed E-state index contributed by atoms with van der Waals surface area (Å²) in [7, 11) is -1.60. The molecule has 0 radical (unpaired) electrons. The van der Waals surface area contributed by atoms with E-state index in [4.69, 9.17) is 4.43 Å². The van der Waals surface area contributed by atoms with Crippen molar-refractivity contribution in [1.29, 1.82) is 0 Å². The first-order valence-corrected chi connectivity index (χ1v) is 13.3. The zero-order valence-corrected chi connectivity index (χ0v) is 18.8. The molecule has 25 heavy (non-hydrogen) atoms. The Morgan fingerprint density at radius 3 is 2.20 bits per heavy atom. The lowest BCUT2D eigenvalue weighted by atomic mass is 9.91. The van der Waals surface area contributed by atoms with Crippen LogP contribution in [0.15, 0.2) is 17.5 Å². The molecule has 4 heteroatoms. The zero-order valence-electron chi connectivity index (χ0n) is 17.0. The molecule has 1 rings (SSSR count). The van der Waals surface area contributed by atoms with Crippen molar-refractivity contribution in [2.24, 2.45) is 0 Å². The lowest BCUT2D eigenvalue weighted by Gasteiger charge is -2.42. The van der Waals surface area contributed by atoms with Crippen molar-refractivity contribution in [3.05, 3.63) is 28.0 Å². The second-order valence-corrected chi connectivity index (χ2v) is 12.7. The van der Waals surface area contributed by atoms with Crippen molar-refractivity contribution in [2.75, 3.05) is 0 Å². The quantitative estimate of drug-likeness (QED) is 0.280. The molecule has 1 aromatic heterocycles. The largest absolute Gasteiger partial charge is 0.411 e. The molecule has 0 aromatic carbocycles. The van der Waals surface area contributed by atoms with Gasteiger partial charge < -0.3 is 4.43 Å². The molecular formula is C21H36O2SSi. The topological polar surface area (TPSA) is 26.3 Å². The standard InChI is InChI=1S/C21H36O2SSi/c1-7-21(8-2,23-25(9-3,10-4)11-5)14-12-13-18(6)19-15-20(16-22)24-17-19/h13,15-17H,7-12,14H2,1-6H3/b18-13-. The van der Waals surface area contributed by atoms with Crippen molar-refractivity contribution in [3.63, 3.8) is 0 Å². The first kappa shape index (κ1) is 22.3. The molecule has 0 unspecified atom stereocenters. The number of rotatable bonds is 12. The summed E-state index contributed by atoms with van der Waals surface area (Å²) in [5, 5.41) is 2.07. The summed E-state index contributed by atoms with van der Waals surface area (Å²) in [6.45, 7) is 13.6. The van der Waals surface area contributed by atoms with Gasteiger partial charge in [0.2, 0.25) is 0 Å². The Bertz CT molecular complexity index is 546. The van der Waals surface area contributed by atoms with Gasteiger partial charge in [0.1, 0.15) is 0 Å². The highest BCUT2D eigenvalue weighted by atomic mass is 32.1. The van der Waals surface area contributed by atoms with Gasteiger partial charge in [-0.3, -0.25) is 4.79 Å². The summed E-state index contributed by atoms with van der Waals surface area (Å²) in [5.74, 6) is 0. The molecule has 142 valence electrons. The number of carbonyl (C=O) groups excluding carboxylic acids is 1. The molecule has 0 aliphatic rings. The summed E-state index contributed by atoms with van der Waals surface area (Å²) in [4.78, 5) is 11.7. The van der Waals surface area contributed by atoms with Crippen LogP contribution in [-0.2, 0) is 4.43 Å². The molecule has 0 bridgehead atoms. The van der Waals surface area contributed by atoms with Crippen LogP contribution in [0, 0.1) is 0 Å². The molecule has 0 saturated heterocycles. The lowest BCUT2D eigenvalue weighted by Crippen LogP contribution is -2.46. The van der Waals surface area contributed by atoms with Crippen LogP contribution in [0.5, 0.6) is 0 Å². The molecule has 0 N–H and O–H groups in total. The molecule has 0 aliphatic carbocycles. The predicted octanol–water partition coefficient (Wildman–Crippen LogP) is 7.32. The fraction of sp³-hybridized carbons (Fsp3) is 0.667. The van der Waals surface area contributed by atoms with Crippen LogP contribution in [0.2, 0.25) is 18.1 Å². The van der Waals surface area contributed by atoms with Gasteiger partial charge in [0.25, 0.3) is 0 Å². The minimum Gasteiger partial charge on any atom is -0.411 e. The van der Waals surface area contributed by atoms with Crippen LogP contribution >= 0.6 is 11.3 Å². The van der Waals surface area contributed by atoms with Crippen LogP contribution < -0.4 is 0 Å². The lowest BCUT2D eigenvalue weighted by molar-refractivity contribution is 0.0397. The maximum absolute atomic E-state index is 10.9. The van der Waals surface area contributed by atoms with Gasteiger partial charge in [0, 0.05) is 0 Å². The fourth-order valence-electron chi connectivity index (χ4n) is 3.52. The molecular weight excluding hydrogens is 344 g/mol. The molecule has 0 spiro atoms. The highest BCUT2D eigenvalue weighted by Gasteiger charge is 2.38. The molecule has 0 amide bonds. The summed E-state index contributed by atoms with van der Waals surface area (Å²) in [5.41, 5.74) is 2.45. The maximum Gasteiger partial charge on any atom is 0.192 e. The van der Waals surface area contributed by atoms with Crippen LogP contribution in [-0.4, -0.2) is 20.2 Å². The van der Waals surface area contributed by atoms with E-state index >= 15 is 0 Å². The average Bonchev–Trinajstić information content (AvgIpc) is 3.14. The van der Waals surface area contributed by atoms with Gasteiger partial charge in [0.15, 0.2) is 14.6 Å². The van der Waals surface area contributed by atoms with Crippen molar-refractivity contribution in [1.82, 2.24) is 0 Å². The summed E-state index contributed by atoms with van der Waals surface area (Å²) < 4.78 is 6.95. The molecule has 2 nitrogen and oxygen atoms in total. The van der Waals surface area contributed by atoms with Gasteiger partial charge in [-0.15, -0.1) is 11.3 Å². The van der Waals surface area contributed by atoms with Crippen LogP contribution in [0.4, 0.5) is 0 Å². The van der Waals surface area contributed by atoms with E-state index in [0.29, 0.717) is 0 Å². The van der Waals surface area contributed by atoms with Crippen molar-refractivity contribution < 1.29 is 9.22 Å². The molecule has 0 saturated carbocycles. The van der Waals surface area contributed by atoms with Gasteiger partial charge >= 0.3 is 0 Å². The maximum atomic E-state index is 10.9. The summed E-state index contributed by atoms with van der Waals surface area (Å²) in [6, 6.07) is 5.61. The SMILES string of the molecule is CCC(CC)(CC/C=C(/C)c1csc(C=O)c1)O[Si](CC)(CC)CC. The number of aldehydes is 1. The predicted molar refractivity (Wildman–Crippen MR) is 114 cm³/mol. The smallest absolute Gasteiger partial charge is 0.192 e. The first-order chi connectivity index (χ1) is 11.9. The average molecular weight is 381 g/mol. The van der Waals surface area contributed by atoms with Crippen LogP contribution in [0.1, 0.15) is 82.5 Å². The Hall–Kier alpha value is -0.713. The Labute approximate surface area is 159 Å². The summed E-state index contributed by atoms with van der Waals surface area (Å²) in [6.07, 6.45) is 7.52. The van der Waals surface area contributed by atoms with Gasteiger partial charge in [-0.2, -0.15) is 0 Å². The highest BCUT2D eigenvalue weighted by Crippen LogP contribution is 2.35. The monoisotopic (exact) mass is 380 g/mol. The van der Waals surface area contributed by atoms with Crippen LogP contribution in [0.3, 0.4) is 0 Å². The normalized spacial score (nSPS) is 13.3. The van der Waals surface area contributed by atoms with E-state index in [1.54, 1.807) is 0 Å². The van der Waals surface area contributed by atoms with Crippen LogP contribution in [0.25, 0.3) is 5.57 Å². The molecule has 0 aliphatic heterocycles. The fourth-order valence-corrected chi connectivity index (χ4v) is 7.53. The second kappa shape index (κ2) is 10.4. The number of carbonyl (C=O) groups is 1. The van der Waals surface area contributed by atoms with E-state index in [0.717, 1.165) is 36.8 Å². The van der Waals surface area contributed by atoms with E-state index < -0.39 is 8.32 Å². The Balaban J connectivity index is 2.83. The number of allylic oxidation sites excluding steroid dienone is 2. The van der Waals surface area contributed by atoms with E-state index in [9.17, 15) is 4.79 Å². The van der Waals surface area contributed by atoms with Gasteiger partial charge in [-0.25, -0.2) is 0 Å². The number of hydrogen-bond donors (Lipinski definition) is 0. The number of hydrogen-bond acceptors (Lipinski definition) is 3. The third-order valence-corrected chi connectivity index (χ3v) is 11.5. The highest BCUT2D eigenvalue weighted by molar-refractivity contribution is 7.11.